The number of nitrogens with zero attached hydrogens (tertiary/aromatic N) is 1. The zero-order valence-electron chi connectivity index (χ0n) is 10.5. The van der Waals surface area contributed by atoms with E-state index in [1.54, 1.807) is 6.33 Å². The first-order valence-electron chi connectivity index (χ1n) is 6.35. The number of nitrogens with one attached hydrogen (secondary N) is 2. The third-order valence-electron chi connectivity index (χ3n) is 2.72. The maximum atomic E-state index is 3.99. The molecule has 0 aliphatic carbocycles. The zero-order valence-corrected chi connectivity index (χ0v) is 10.5. The lowest BCUT2D eigenvalue weighted by Gasteiger charge is -2.00. The van der Waals surface area contributed by atoms with E-state index in [1.807, 2.05) is 12.3 Å². The van der Waals surface area contributed by atoms with Crippen molar-refractivity contribution >= 4 is 6.08 Å². The molecular formula is C15H19N3. The van der Waals surface area contributed by atoms with Gasteiger partial charge in [0.25, 0.3) is 0 Å². The molecule has 1 heterocycles. The van der Waals surface area contributed by atoms with Gasteiger partial charge in [-0.25, -0.2) is 4.98 Å². The molecule has 1 aromatic heterocycles. The van der Waals surface area contributed by atoms with E-state index in [4.69, 9.17) is 0 Å². The van der Waals surface area contributed by atoms with Crippen molar-refractivity contribution in [2.45, 2.75) is 12.8 Å². The Morgan fingerprint density at radius 3 is 2.83 bits per heavy atom. The average Bonchev–Trinajstić information content (AvgIpc) is 2.92. The smallest absolute Gasteiger partial charge is 0.0921 e. The Morgan fingerprint density at radius 2 is 2.06 bits per heavy atom. The number of benzene rings is 1. The summed E-state index contributed by atoms with van der Waals surface area (Å²) in [5, 5.41) is 3.41. The third-order valence-corrected chi connectivity index (χ3v) is 2.72. The second kappa shape index (κ2) is 7.45. The standard InChI is InChI=1S/C15H19N3/c1-2-6-14(7-3-1)8-4-5-10-16-11-9-15-12-17-13-18-15/h1-4,6-8,12-13,16H,5,9-11H2,(H,17,18)/b8-4+. The van der Waals surface area contributed by atoms with E-state index in [-0.39, 0.29) is 0 Å². The van der Waals surface area contributed by atoms with Crippen LogP contribution in [-0.2, 0) is 6.42 Å². The normalized spacial score (nSPS) is 11.1. The molecule has 0 spiro atoms. The van der Waals surface area contributed by atoms with Gasteiger partial charge in [-0.05, 0) is 18.5 Å². The Balaban J connectivity index is 1.55. The summed E-state index contributed by atoms with van der Waals surface area (Å²) < 4.78 is 0. The lowest BCUT2D eigenvalue weighted by Crippen LogP contribution is -2.18. The third kappa shape index (κ3) is 4.55. The largest absolute Gasteiger partial charge is 0.348 e. The van der Waals surface area contributed by atoms with E-state index >= 15 is 0 Å². The maximum absolute atomic E-state index is 3.99. The van der Waals surface area contributed by atoms with Crippen LogP contribution in [0.3, 0.4) is 0 Å². The van der Waals surface area contributed by atoms with Crippen LogP contribution in [0.5, 0.6) is 0 Å². The van der Waals surface area contributed by atoms with Crippen molar-refractivity contribution in [3.05, 3.63) is 60.2 Å². The number of H-pyrrole nitrogens is 1. The first-order valence-corrected chi connectivity index (χ1v) is 6.35. The van der Waals surface area contributed by atoms with Gasteiger partial charge in [-0.15, -0.1) is 0 Å². The molecule has 0 fully saturated rings. The van der Waals surface area contributed by atoms with Crippen LogP contribution >= 0.6 is 0 Å². The molecule has 0 amide bonds. The minimum absolute atomic E-state index is 0.987. The SMILES string of the molecule is C(=C\c1ccccc1)/CCNCCc1cnc[nH]1. The summed E-state index contributed by atoms with van der Waals surface area (Å²) in [7, 11) is 0. The number of rotatable bonds is 7. The number of imidazole rings is 1. The van der Waals surface area contributed by atoms with Gasteiger partial charge in [0.2, 0.25) is 0 Å². The lowest BCUT2D eigenvalue weighted by atomic mass is 10.2. The van der Waals surface area contributed by atoms with Crippen molar-refractivity contribution in [3.8, 4) is 0 Å². The molecule has 2 N–H and O–H groups in total. The minimum atomic E-state index is 0.987. The molecule has 0 aliphatic rings. The lowest BCUT2D eigenvalue weighted by molar-refractivity contribution is 0.684. The number of hydrogen-bond donors (Lipinski definition) is 2. The Kier molecular flexibility index (Phi) is 5.21. The average molecular weight is 241 g/mol. The number of aromatic amines is 1. The van der Waals surface area contributed by atoms with Gasteiger partial charge in [-0.2, -0.15) is 0 Å². The van der Waals surface area contributed by atoms with Gasteiger partial charge in [0, 0.05) is 24.9 Å². The van der Waals surface area contributed by atoms with Crippen LogP contribution in [0.4, 0.5) is 0 Å². The highest BCUT2D eigenvalue weighted by Gasteiger charge is 1.92. The molecule has 94 valence electrons. The molecule has 0 unspecified atom stereocenters. The van der Waals surface area contributed by atoms with Crippen LogP contribution in [0.25, 0.3) is 6.08 Å². The van der Waals surface area contributed by atoms with Crippen molar-refractivity contribution in [2.24, 2.45) is 0 Å². The summed E-state index contributed by atoms with van der Waals surface area (Å²) in [6, 6.07) is 10.4. The summed E-state index contributed by atoms with van der Waals surface area (Å²) in [6.45, 7) is 2.00. The Hall–Kier alpha value is -1.87. The first kappa shape index (κ1) is 12.6. The predicted molar refractivity (Wildman–Crippen MR) is 75.3 cm³/mol. The Morgan fingerprint density at radius 1 is 1.17 bits per heavy atom. The van der Waals surface area contributed by atoms with Gasteiger partial charge in [0.1, 0.15) is 0 Å². The van der Waals surface area contributed by atoms with Crippen molar-refractivity contribution in [1.82, 2.24) is 15.3 Å². The van der Waals surface area contributed by atoms with Crippen LogP contribution in [0.15, 0.2) is 48.9 Å². The molecule has 0 aliphatic heterocycles. The van der Waals surface area contributed by atoms with Crippen LogP contribution in [0.2, 0.25) is 0 Å². The minimum Gasteiger partial charge on any atom is -0.348 e. The summed E-state index contributed by atoms with van der Waals surface area (Å²) in [5.41, 5.74) is 2.44. The molecule has 0 radical (unpaired) electrons. The molecule has 0 saturated carbocycles. The van der Waals surface area contributed by atoms with E-state index in [9.17, 15) is 0 Å². The molecule has 3 nitrogen and oxygen atoms in total. The van der Waals surface area contributed by atoms with Gasteiger partial charge in [0.05, 0.1) is 6.33 Å². The van der Waals surface area contributed by atoms with E-state index in [2.05, 4.69) is 51.7 Å². The fourth-order valence-corrected chi connectivity index (χ4v) is 1.74. The van der Waals surface area contributed by atoms with E-state index in [0.717, 1.165) is 25.9 Å². The van der Waals surface area contributed by atoms with Gasteiger partial charge >= 0.3 is 0 Å². The van der Waals surface area contributed by atoms with Gasteiger partial charge < -0.3 is 10.3 Å². The monoisotopic (exact) mass is 241 g/mol. The van der Waals surface area contributed by atoms with E-state index < -0.39 is 0 Å². The van der Waals surface area contributed by atoms with Gasteiger partial charge in [-0.1, -0.05) is 42.5 Å². The molecule has 2 rings (SSSR count). The van der Waals surface area contributed by atoms with E-state index in [1.165, 1.54) is 11.3 Å². The van der Waals surface area contributed by atoms with Crippen molar-refractivity contribution in [1.29, 1.82) is 0 Å². The fourth-order valence-electron chi connectivity index (χ4n) is 1.74. The molecule has 0 atom stereocenters. The molecule has 1 aromatic carbocycles. The summed E-state index contributed by atoms with van der Waals surface area (Å²) in [5.74, 6) is 0. The highest BCUT2D eigenvalue weighted by molar-refractivity contribution is 5.48. The quantitative estimate of drug-likeness (QED) is 0.732. The number of hydrogen-bond acceptors (Lipinski definition) is 2. The molecule has 3 heteroatoms. The van der Waals surface area contributed by atoms with Crippen LogP contribution in [0.1, 0.15) is 17.7 Å². The molecule has 0 bridgehead atoms. The Bertz CT molecular complexity index is 446. The highest BCUT2D eigenvalue weighted by atomic mass is 14.9. The van der Waals surface area contributed by atoms with E-state index in [0.29, 0.717) is 0 Å². The second-order valence-electron chi connectivity index (χ2n) is 4.18. The maximum Gasteiger partial charge on any atom is 0.0921 e. The summed E-state index contributed by atoms with van der Waals surface area (Å²) >= 11 is 0. The van der Waals surface area contributed by atoms with Crippen LogP contribution in [0, 0.1) is 0 Å². The molecular weight excluding hydrogens is 222 g/mol. The summed E-state index contributed by atoms with van der Waals surface area (Å²) in [6.07, 6.45) is 10.0. The van der Waals surface area contributed by atoms with Crippen molar-refractivity contribution in [3.63, 3.8) is 0 Å². The topological polar surface area (TPSA) is 40.7 Å². The van der Waals surface area contributed by atoms with Crippen molar-refractivity contribution < 1.29 is 0 Å². The Labute approximate surface area is 108 Å². The second-order valence-corrected chi connectivity index (χ2v) is 4.18. The number of aromatic nitrogens is 2. The first-order chi connectivity index (χ1) is 8.95. The predicted octanol–water partition coefficient (Wildman–Crippen LogP) is 2.65. The van der Waals surface area contributed by atoms with Crippen LogP contribution < -0.4 is 5.32 Å². The zero-order chi connectivity index (χ0) is 12.5. The highest BCUT2D eigenvalue weighted by Crippen LogP contribution is 2.01. The van der Waals surface area contributed by atoms with Crippen molar-refractivity contribution in [2.75, 3.05) is 13.1 Å². The summed E-state index contributed by atoms with van der Waals surface area (Å²) in [4.78, 5) is 7.09. The fraction of sp³-hybridized carbons (Fsp3) is 0.267. The van der Waals surface area contributed by atoms with Gasteiger partial charge in [0.15, 0.2) is 0 Å². The van der Waals surface area contributed by atoms with Crippen LogP contribution in [-0.4, -0.2) is 23.1 Å². The molecule has 2 aromatic rings. The molecule has 0 saturated heterocycles. The molecule has 18 heavy (non-hydrogen) atoms. The van der Waals surface area contributed by atoms with Gasteiger partial charge in [-0.3, -0.25) is 0 Å².